The average Bonchev–Trinajstić information content (AvgIpc) is 2.80. The molecule has 0 saturated carbocycles. The molecule has 0 aliphatic heterocycles. The van der Waals surface area contributed by atoms with Crippen molar-refractivity contribution in [3.05, 3.63) is 47.8 Å². The Labute approximate surface area is 112 Å². The van der Waals surface area contributed by atoms with E-state index in [0.717, 1.165) is 17.0 Å². The van der Waals surface area contributed by atoms with Crippen LogP contribution in [-0.2, 0) is 5.54 Å². The van der Waals surface area contributed by atoms with Gasteiger partial charge in [-0.3, -0.25) is 9.55 Å². The summed E-state index contributed by atoms with van der Waals surface area (Å²) in [5.74, 6) is 0. The number of aryl methyl sites for hydroxylation is 2. The van der Waals surface area contributed by atoms with Gasteiger partial charge in [-0.05, 0) is 39.3 Å². The monoisotopic (exact) mass is 258 g/mol. The summed E-state index contributed by atoms with van der Waals surface area (Å²) in [6.45, 7) is 7.82. The van der Waals surface area contributed by atoms with Gasteiger partial charge >= 0.3 is 6.03 Å². The lowest BCUT2D eigenvalue weighted by atomic mass is 9.93. The number of carbonyl (C=O) groups is 1. The maximum atomic E-state index is 12.1. The molecule has 0 spiro atoms. The summed E-state index contributed by atoms with van der Waals surface area (Å²) in [4.78, 5) is 20.4. The van der Waals surface area contributed by atoms with Crippen molar-refractivity contribution in [2.75, 3.05) is 0 Å². The molecule has 2 rings (SSSR count). The Balaban J connectivity index is 2.25. The molecule has 0 saturated heterocycles. The minimum Gasteiger partial charge on any atom is -0.328 e. The van der Waals surface area contributed by atoms with Crippen LogP contribution < -0.4 is 5.32 Å². The third-order valence-corrected chi connectivity index (χ3v) is 3.06. The number of hydrogen-bond donors (Lipinski definition) is 1. The van der Waals surface area contributed by atoms with Gasteiger partial charge in [0.15, 0.2) is 0 Å². The average molecular weight is 258 g/mol. The van der Waals surface area contributed by atoms with Crippen molar-refractivity contribution in [3.63, 3.8) is 0 Å². The van der Waals surface area contributed by atoms with Crippen LogP contribution in [0, 0.1) is 13.8 Å². The lowest BCUT2D eigenvalue weighted by Gasteiger charge is -2.28. The predicted octanol–water partition coefficient (Wildman–Crippen LogP) is 2.39. The van der Waals surface area contributed by atoms with Crippen molar-refractivity contribution in [3.8, 4) is 0 Å². The standard InChI is InChI=1S/C14H18N4O/c1-10-5-6-12(11(2)16-10)14(3,4)17-13(19)18-8-7-15-9-18/h5-9H,1-4H3,(H,17,19). The third-order valence-electron chi connectivity index (χ3n) is 3.06. The highest BCUT2D eigenvalue weighted by atomic mass is 16.2. The van der Waals surface area contributed by atoms with Gasteiger partial charge in [0.2, 0.25) is 0 Å². The number of nitrogens with one attached hydrogen (secondary N) is 1. The smallest absolute Gasteiger partial charge is 0.327 e. The first kappa shape index (κ1) is 13.3. The van der Waals surface area contributed by atoms with E-state index < -0.39 is 5.54 Å². The molecule has 0 aromatic carbocycles. The number of hydrogen-bond acceptors (Lipinski definition) is 3. The van der Waals surface area contributed by atoms with Gasteiger partial charge in [0.25, 0.3) is 0 Å². The van der Waals surface area contributed by atoms with Crippen LogP contribution in [0.3, 0.4) is 0 Å². The first-order valence-electron chi connectivity index (χ1n) is 6.15. The Morgan fingerprint density at radius 3 is 2.63 bits per heavy atom. The first-order chi connectivity index (χ1) is 8.90. The minimum absolute atomic E-state index is 0.206. The molecule has 0 radical (unpaired) electrons. The number of amides is 1. The SMILES string of the molecule is Cc1ccc(C(C)(C)NC(=O)n2ccnc2)c(C)n1. The molecule has 5 nitrogen and oxygen atoms in total. The maximum absolute atomic E-state index is 12.1. The number of rotatable bonds is 2. The van der Waals surface area contributed by atoms with Crippen LogP contribution in [0.5, 0.6) is 0 Å². The molecule has 2 heterocycles. The molecule has 2 aromatic rings. The minimum atomic E-state index is -0.494. The highest BCUT2D eigenvalue weighted by Crippen LogP contribution is 2.22. The summed E-state index contributed by atoms with van der Waals surface area (Å²) in [6.07, 6.45) is 4.67. The van der Waals surface area contributed by atoms with E-state index in [1.165, 1.54) is 10.9 Å². The van der Waals surface area contributed by atoms with Crippen LogP contribution in [0.25, 0.3) is 0 Å². The summed E-state index contributed by atoms with van der Waals surface area (Å²) in [5, 5.41) is 2.98. The fourth-order valence-corrected chi connectivity index (χ4v) is 2.13. The number of aromatic nitrogens is 3. The molecule has 0 aliphatic carbocycles. The van der Waals surface area contributed by atoms with Crippen LogP contribution in [0.15, 0.2) is 30.9 Å². The summed E-state index contributed by atoms with van der Waals surface area (Å²) in [5.41, 5.74) is 2.41. The molecule has 100 valence electrons. The highest BCUT2D eigenvalue weighted by molar-refractivity contribution is 5.77. The zero-order valence-corrected chi connectivity index (χ0v) is 11.6. The molecule has 0 unspecified atom stereocenters. The van der Waals surface area contributed by atoms with Crippen molar-refractivity contribution in [2.45, 2.75) is 33.2 Å². The van der Waals surface area contributed by atoms with Crippen molar-refractivity contribution in [2.24, 2.45) is 0 Å². The van der Waals surface area contributed by atoms with E-state index in [1.54, 1.807) is 12.4 Å². The van der Waals surface area contributed by atoms with Gasteiger partial charge in [0.05, 0.1) is 5.54 Å². The normalized spacial score (nSPS) is 11.4. The molecule has 0 fully saturated rings. The van der Waals surface area contributed by atoms with Crippen LogP contribution >= 0.6 is 0 Å². The lowest BCUT2D eigenvalue weighted by molar-refractivity contribution is 0.231. The molecule has 2 aromatic heterocycles. The molecular formula is C14H18N4O. The fraction of sp³-hybridized carbons (Fsp3) is 0.357. The fourth-order valence-electron chi connectivity index (χ4n) is 2.13. The highest BCUT2D eigenvalue weighted by Gasteiger charge is 2.25. The van der Waals surface area contributed by atoms with Crippen LogP contribution in [0.2, 0.25) is 0 Å². The van der Waals surface area contributed by atoms with E-state index in [1.807, 2.05) is 39.8 Å². The number of imidazole rings is 1. The second kappa shape index (κ2) is 4.84. The molecule has 1 amide bonds. The van der Waals surface area contributed by atoms with Gasteiger partial charge in [0.1, 0.15) is 6.33 Å². The van der Waals surface area contributed by atoms with Gasteiger partial charge in [-0.1, -0.05) is 6.07 Å². The van der Waals surface area contributed by atoms with E-state index in [2.05, 4.69) is 15.3 Å². The number of carbonyl (C=O) groups excluding carboxylic acids is 1. The van der Waals surface area contributed by atoms with Gasteiger partial charge in [-0.2, -0.15) is 0 Å². The Bertz CT molecular complexity index is 587. The van der Waals surface area contributed by atoms with Crippen molar-refractivity contribution < 1.29 is 4.79 Å². The van der Waals surface area contributed by atoms with Gasteiger partial charge in [0, 0.05) is 23.8 Å². The molecule has 0 aliphatic rings. The second-order valence-corrected chi connectivity index (χ2v) is 5.11. The van der Waals surface area contributed by atoms with E-state index in [9.17, 15) is 4.79 Å². The Morgan fingerprint density at radius 2 is 2.05 bits per heavy atom. The topological polar surface area (TPSA) is 59.8 Å². The lowest BCUT2D eigenvalue weighted by Crippen LogP contribution is -2.43. The van der Waals surface area contributed by atoms with Gasteiger partial charge in [-0.15, -0.1) is 0 Å². The Morgan fingerprint density at radius 1 is 1.32 bits per heavy atom. The van der Waals surface area contributed by atoms with Crippen molar-refractivity contribution >= 4 is 6.03 Å². The van der Waals surface area contributed by atoms with E-state index in [4.69, 9.17) is 0 Å². The quantitative estimate of drug-likeness (QED) is 0.899. The van der Waals surface area contributed by atoms with Crippen LogP contribution in [0.1, 0.15) is 30.8 Å². The van der Waals surface area contributed by atoms with Gasteiger partial charge < -0.3 is 5.32 Å². The van der Waals surface area contributed by atoms with Crippen LogP contribution in [0.4, 0.5) is 4.79 Å². The summed E-state index contributed by atoms with van der Waals surface area (Å²) < 4.78 is 1.42. The summed E-state index contributed by atoms with van der Waals surface area (Å²) in [6, 6.07) is 3.75. The van der Waals surface area contributed by atoms with Crippen molar-refractivity contribution in [1.29, 1.82) is 0 Å². The number of nitrogens with zero attached hydrogens (tertiary/aromatic N) is 3. The largest absolute Gasteiger partial charge is 0.328 e. The zero-order chi connectivity index (χ0) is 14.0. The Kier molecular flexibility index (Phi) is 3.38. The molecule has 1 N–H and O–H groups in total. The van der Waals surface area contributed by atoms with E-state index in [0.29, 0.717) is 0 Å². The first-order valence-corrected chi connectivity index (χ1v) is 6.15. The van der Waals surface area contributed by atoms with Crippen molar-refractivity contribution in [1.82, 2.24) is 19.9 Å². The zero-order valence-electron chi connectivity index (χ0n) is 11.6. The maximum Gasteiger partial charge on any atom is 0.327 e. The van der Waals surface area contributed by atoms with Gasteiger partial charge in [-0.25, -0.2) is 9.78 Å². The number of pyridine rings is 1. The van der Waals surface area contributed by atoms with Crippen LogP contribution in [-0.4, -0.2) is 20.6 Å². The molecule has 5 heteroatoms. The summed E-state index contributed by atoms with van der Waals surface area (Å²) in [7, 11) is 0. The third kappa shape index (κ3) is 2.81. The molecule has 0 atom stereocenters. The molecule has 19 heavy (non-hydrogen) atoms. The predicted molar refractivity (Wildman–Crippen MR) is 72.9 cm³/mol. The molecule has 0 bridgehead atoms. The Hall–Kier alpha value is -2.17. The second-order valence-electron chi connectivity index (χ2n) is 5.11. The van der Waals surface area contributed by atoms with E-state index >= 15 is 0 Å². The summed E-state index contributed by atoms with van der Waals surface area (Å²) >= 11 is 0. The molecular weight excluding hydrogens is 240 g/mol. The van der Waals surface area contributed by atoms with E-state index in [-0.39, 0.29) is 6.03 Å².